The van der Waals surface area contributed by atoms with Crippen LogP contribution in [0, 0.1) is 18.0 Å². The summed E-state index contributed by atoms with van der Waals surface area (Å²) in [5.74, 6) is 0. The van der Waals surface area contributed by atoms with Crippen LogP contribution in [0.1, 0.15) is 22.5 Å². The van der Waals surface area contributed by atoms with Crippen LogP contribution in [-0.4, -0.2) is 31.4 Å². The third-order valence-electron chi connectivity index (χ3n) is 5.44. The van der Waals surface area contributed by atoms with Crippen LogP contribution in [0.3, 0.4) is 0 Å². The van der Waals surface area contributed by atoms with Gasteiger partial charge in [0, 0.05) is 34.3 Å². The summed E-state index contributed by atoms with van der Waals surface area (Å²) < 4.78 is 0. The lowest BCUT2D eigenvalue weighted by Crippen LogP contribution is -2.25. The van der Waals surface area contributed by atoms with E-state index in [0.717, 1.165) is 21.8 Å². The predicted octanol–water partition coefficient (Wildman–Crippen LogP) is 4.03. The van der Waals surface area contributed by atoms with E-state index in [1.165, 1.54) is 0 Å². The Morgan fingerprint density at radius 1 is 0.750 bits per heavy atom. The summed E-state index contributed by atoms with van der Waals surface area (Å²) in [6.45, 7) is 7.34. The Labute approximate surface area is 181 Å². The smallest absolute Gasteiger partial charge is 0.206 e. The summed E-state index contributed by atoms with van der Waals surface area (Å²) in [5, 5.41) is 15.0. The zero-order valence-electron chi connectivity index (χ0n) is 16.4. The highest BCUT2D eigenvalue weighted by Crippen LogP contribution is 2.34. The van der Waals surface area contributed by atoms with Gasteiger partial charge in [0.05, 0.1) is 27.2 Å². The quantitative estimate of drug-likeness (QED) is 0.163. The van der Waals surface area contributed by atoms with E-state index in [1.54, 1.807) is 12.4 Å². The summed E-state index contributed by atoms with van der Waals surface area (Å²) in [6, 6.07) is 14.9. The maximum Gasteiger partial charge on any atom is 0.206 e. The number of hydrogen-bond donors (Lipinski definition) is 0. The van der Waals surface area contributed by atoms with Crippen LogP contribution in [0.2, 0.25) is 0 Å². The molecule has 0 bridgehead atoms. The highest BCUT2D eigenvalue weighted by atomic mass is 15.2. The Hall–Kier alpha value is -5.08. The van der Waals surface area contributed by atoms with E-state index in [1.807, 2.05) is 54.7 Å². The van der Waals surface area contributed by atoms with E-state index < -0.39 is 0 Å². The molecule has 8 heteroatoms. The van der Waals surface area contributed by atoms with Crippen LogP contribution in [-0.2, 0) is 0 Å². The number of benzene rings is 2. The summed E-state index contributed by atoms with van der Waals surface area (Å²) in [4.78, 5) is 26.3. The van der Waals surface area contributed by atoms with E-state index in [-0.39, 0.29) is 0 Å². The molecule has 3 aromatic heterocycles. The fourth-order valence-corrected chi connectivity index (χ4v) is 4.18. The standard InChI is InChI=1S/C24H10N8/c1-26-32-22-14-7-3-2-6-13(14)17(29-12-25)23-24(22)31-21-16-9-5-11-28-19(16)18-15(20(21)30-23)8-4-10-27-18/h2-11H. The van der Waals surface area contributed by atoms with Crippen molar-refractivity contribution in [1.82, 2.24) is 19.9 Å². The lowest BCUT2D eigenvalue weighted by atomic mass is 9.88. The first kappa shape index (κ1) is 17.8. The van der Waals surface area contributed by atoms with Gasteiger partial charge < -0.3 is 0 Å². The van der Waals surface area contributed by atoms with Crippen LogP contribution in [0.4, 0.5) is 0 Å². The Kier molecular flexibility index (Phi) is 3.73. The maximum atomic E-state index is 9.38. The van der Waals surface area contributed by atoms with E-state index in [9.17, 15) is 5.26 Å². The van der Waals surface area contributed by atoms with Gasteiger partial charge in [-0.2, -0.15) is 16.8 Å². The van der Waals surface area contributed by atoms with Gasteiger partial charge in [-0.25, -0.2) is 9.97 Å². The fraction of sp³-hybridized carbons (Fsp3) is 0. The van der Waals surface area contributed by atoms with E-state index in [4.69, 9.17) is 16.5 Å². The molecule has 1 aliphatic rings. The van der Waals surface area contributed by atoms with E-state index in [2.05, 4.69) is 25.0 Å². The summed E-state index contributed by atoms with van der Waals surface area (Å²) in [7, 11) is 0. The largest absolute Gasteiger partial charge is 0.254 e. The van der Waals surface area contributed by atoms with Crippen LogP contribution in [0.5, 0.6) is 0 Å². The molecule has 0 atom stereocenters. The summed E-state index contributed by atoms with van der Waals surface area (Å²) in [6.07, 6.45) is 5.31. The van der Waals surface area contributed by atoms with Crippen LogP contribution in [0.25, 0.3) is 37.8 Å². The molecule has 0 radical (unpaired) electrons. The van der Waals surface area contributed by atoms with E-state index >= 15 is 0 Å². The molecule has 0 saturated carbocycles. The minimum Gasteiger partial charge on any atom is -0.254 e. The topological polar surface area (TPSA) is 104 Å². The van der Waals surface area contributed by atoms with Crippen molar-refractivity contribution < 1.29 is 0 Å². The van der Waals surface area contributed by atoms with Crippen LogP contribution < -0.4 is 0 Å². The first-order valence-electron chi connectivity index (χ1n) is 9.66. The fourth-order valence-electron chi connectivity index (χ4n) is 4.18. The number of nitrogens with zero attached hydrogens (tertiary/aromatic N) is 8. The molecule has 0 fully saturated rings. The Balaban J connectivity index is 1.85. The van der Waals surface area contributed by atoms with Crippen molar-refractivity contribution in [2.75, 3.05) is 0 Å². The SMILES string of the molecule is [C-]#[N+]N=C1c2ccccc2C(=NC#N)c2nc3c4cccnc4c4ncccc4c3nc21. The van der Waals surface area contributed by atoms with Gasteiger partial charge in [0.25, 0.3) is 0 Å². The molecule has 0 N–H and O–H groups in total. The van der Waals surface area contributed by atoms with Gasteiger partial charge in [-0.3, -0.25) is 9.97 Å². The number of fused-ring (bicyclic) bond motifs is 8. The lowest BCUT2D eigenvalue weighted by Gasteiger charge is -2.20. The minimum atomic E-state index is 0.403. The minimum absolute atomic E-state index is 0.403. The van der Waals surface area contributed by atoms with Gasteiger partial charge >= 0.3 is 0 Å². The average Bonchev–Trinajstić information content (AvgIpc) is 2.85. The first-order valence-corrected chi connectivity index (χ1v) is 9.66. The number of aliphatic imine (C=N–C) groups is 1. The number of pyridine rings is 2. The van der Waals surface area contributed by atoms with Gasteiger partial charge in [-0.15, -0.1) is 4.95 Å². The van der Waals surface area contributed by atoms with Crippen molar-refractivity contribution in [3.05, 3.63) is 95.0 Å². The second-order valence-corrected chi connectivity index (χ2v) is 7.07. The van der Waals surface area contributed by atoms with E-state index in [0.29, 0.717) is 45.0 Å². The van der Waals surface area contributed by atoms with Crippen molar-refractivity contribution in [2.45, 2.75) is 0 Å². The molecule has 3 heterocycles. The second-order valence-electron chi connectivity index (χ2n) is 7.07. The molecule has 0 spiro atoms. The lowest BCUT2D eigenvalue weighted by molar-refractivity contribution is 1.21. The van der Waals surface area contributed by atoms with Gasteiger partial charge in [-0.05, 0) is 24.3 Å². The van der Waals surface area contributed by atoms with Crippen molar-refractivity contribution in [1.29, 1.82) is 5.26 Å². The molecule has 0 amide bonds. The summed E-state index contributed by atoms with van der Waals surface area (Å²) >= 11 is 0. The van der Waals surface area contributed by atoms with Gasteiger partial charge in [0.1, 0.15) is 17.1 Å². The number of nitriles is 1. The van der Waals surface area contributed by atoms with Crippen molar-refractivity contribution in [3.63, 3.8) is 0 Å². The normalized spacial score (nSPS) is 14.9. The Morgan fingerprint density at radius 2 is 1.31 bits per heavy atom. The molecular formula is C24H10N8. The summed E-state index contributed by atoms with van der Waals surface area (Å²) in [5.41, 5.74) is 5.68. The molecule has 0 unspecified atom stereocenters. The molecule has 2 aromatic carbocycles. The van der Waals surface area contributed by atoms with Gasteiger partial charge in [0.2, 0.25) is 6.19 Å². The molecule has 8 nitrogen and oxygen atoms in total. The molecule has 6 rings (SSSR count). The van der Waals surface area contributed by atoms with Crippen LogP contribution >= 0.6 is 0 Å². The average molecular weight is 410 g/mol. The Bertz CT molecular complexity index is 1620. The van der Waals surface area contributed by atoms with Crippen molar-refractivity contribution in [3.8, 4) is 6.19 Å². The third kappa shape index (κ3) is 2.35. The monoisotopic (exact) mass is 410 g/mol. The van der Waals surface area contributed by atoms with Crippen molar-refractivity contribution >= 4 is 44.3 Å². The third-order valence-corrected chi connectivity index (χ3v) is 5.44. The van der Waals surface area contributed by atoms with Crippen LogP contribution in [0.15, 0.2) is 71.0 Å². The Morgan fingerprint density at radius 3 is 1.88 bits per heavy atom. The van der Waals surface area contributed by atoms with Gasteiger partial charge in [0.15, 0.2) is 5.71 Å². The molecule has 146 valence electrons. The highest BCUT2D eigenvalue weighted by molar-refractivity contribution is 6.32. The predicted molar refractivity (Wildman–Crippen MR) is 120 cm³/mol. The van der Waals surface area contributed by atoms with Crippen molar-refractivity contribution in [2.24, 2.45) is 10.1 Å². The molecule has 1 aliphatic carbocycles. The molecule has 0 aliphatic heterocycles. The number of rotatable bonds is 0. The highest BCUT2D eigenvalue weighted by Gasteiger charge is 2.32. The number of hydrogen-bond acceptors (Lipinski definition) is 7. The zero-order valence-corrected chi connectivity index (χ0v) is 16.4. The van der Waals surface area contributed by atoms with Gasteiger partial charge in [-0.1, -0.05) is 24.3 Å². The zero-order chi connectivity index (χ0) is 21.7. The number of aromatic nitrogens is 4. The molecule has 32 heavy (non-hydrogen) atoms. The maximum absolute atomic E-state index is 9.38. The second kappa shape index (κ2) is 6.73. The first-order chi connectivity index (χ1) is 15.8. The molecule has 5 aromatic rings. The molecule has 0 saturated heterocycles. The molecular weight excluding hydrogens is 400 g/mol.